The summed E-state index contributed by atoms with van der Waals surface area (Å²) in [6.45, 7) is 0.287. The number of aromatic nitrogens is 1. The second-order valence-corrected chi connectivity index (χ2v) is 5.58. The van der Waals surface area contributed by atoms with Gasteiger partial charge in [-0.2, -0.15) is 0 Å². The van der Waals surface area contributed by atoms with Crippen LogP contribution in [0.3, 0.4) is 0 Å². The predicted molar refractivity (Wildman–Crippen MR) is 79.1 cm³/mol. The average Bonchev–Trinajstić information content (AvgIpc) is 2.89. The van der Waals surface area contributed by atoms with Crippen molar-refractivity contribution < 1.29 is 14.7 Å². The highest BCUT2D eigenvalue weighted by Crippen LogP contribution is 2.24. The minimum absolute atomic E-state index is 0.133. The summed E-state index contributed by atoms with van der Waals surface area (Å²) in [7, 11) is 0. The quantitative estimate of drug-likeness (QED) is 0.780. The molecule has 0 bridgehead atoms. The lowest BCUT2D eigenvalue weighted by Gasteiger charge is -2.06. The fourth-order valence-electron chi connectivity index (χ4n) is 1.44. The molecule has 1 aromatic carbocycles. The number of nitrogens with zero attached hydrogens (tertiary/aromatic N) is 1. The normalized spacial score (nSPS) is 10.3. The number of halogens is 1. The second-order valence-electron chi connectivity index (χ2n) is 3.78. The van der Waals surface area contributed by atoms with Gasteiger partial charge in [0.25, 0.3) is 5.91 Å². The Morgan fingerprint density at radius 2 is 2.20 bits per heavy atom. The molecule has 1 amide bonds. The summed E-state index contributed by atoms with van der Waals surface area (Å²) in [4.78, 5) is 26.9. The Kier molecular flexibility index (Phi) is 4.48. The van der Waals surface area contributed by atoms with Crippen LogP contribution in [-0.4, -0.2) is 22.0 Å². The molecule has 0 saturated heterocycles. The van der Waals surface area contributed by atoms with Crippen LogP contribution in [0.2, 0.25) is 0 Å². The molecule has 0 spiro atoms. The highest BCUT2D eigenvalue weighted by atomic mass is 79.9. The van der Waals surface area contributed by atoms with E-state index in [1.807, 2.05) is 0 Å². The molecule has 0 aliphatic rings. The van der Waals surface area contributed by atoms with Crippen molar-refractivity contribution in [2.45, 2.75) is 6.54 Å². The van der Waals surface area contributed by atoms with E-state index in [2.05, 4.69) is 26.2 Å². The number of carbonyl (C=O) groups excluding carboxylic acids is 1. The highest BCUT2D eigenvalue weighted by Gasteiger charge is 2.13. The maximum atomic E-state index is 12.0. The monoisotopic (exact) mass is 355 g/mol. The average molecular weight is 356 g/mol. The van der Waals surface area contributed by atoms with Crippen molar-refractivity contribution in [1.82, 2.24) is 4.98 Å². The number of hydrogen-bond acceptors (Lipinski definition) is 5. The van der Waals surface area contributed by atoms with Crippen molar-refractivity contribution in [1.29, 1.82) is 0 Å². The molecular formula is C12H10BrN3O3S. The molecule has 0 aliphatic carbocycles. The fourth-order valence-corrected chi connectivity index (χ4v) is 2.58. The molecule has 2 rings (SSSR count). The van der Waals surface area contributed by atoms with Crippen LogP contribution < -0.4 is 11.1 Å². The van der Waals surface area contributed by atoms with Gasteiger partial charge in [0.1, 0.15) is 10.7 Å². The number of nitrogens with one attached hydrogen (secondary N) is 1. The standard InChI is InChI=1S/C12H10BrN3O3S/c13-7-3-6(12(18)19)1-2-8(7)16-11(17)9-5-20-10(4-14)15-9/h1-3,5H,4,14H2,(H,16,17)(H,18,19). The number of anilines is 1. The SMILES string of the molecule is NCc1nc(C(=O)Nc2ccc(C(=O)O)cc2Br)cs1. The molecule has 104 valence electrons. The van der Waals surface area contributed by atoms with E-state index in [0.29, 0.717) is 15.2 Å². The van der Waals surface area contributed by atoms with Crippen LogP contribution in [-0.2, 0) is 6.54 Å². The number of nitrogens with two attached hydrogens (primary N) is 1. The maximum absolute atomic E-state index is 12.0. The first kappa shape index (κ1) is 14.6. The Morgan fingerprint density at radius 3 is 2.75 bits per heavy atom. The van der Waals surface area contributed by atoms with Crippen LogP contribution in [0, 0.1) is 0 Å². The number of carbonyl (C=O) groups is 2. The van der Waals surface area contributed by atoms with Crippen LogP contribution in [0.4, 0.5) is 5.69 Å². The summed E-state index contributed by atoms with van der Waals surface area (Å²) in [5.74, 6) is -1.40. The van der Waals surface area contributed by atoms with Crippen LogP contribution >= 0.6 is 27.3 Å². The van der Waals surface area contributed by atoms with Gasteiger partial charge < -0.3 is 16.2 Å². The van der Waals surface area contributed by atoms with Gasteiger partial charge in [-0.15, -0.1) is 11.3 Å². The number of carboxylic acids is 1. The van der Waals surface area contributed by atoms with Gasteiger partial charge in [-0.25, -0.2) is 9.78 Å². The van der Waals surface area contributed by atoms with Crippen LogP contribution in [0.15, 0.2) is 28.1 Å². The number of thiazole rings is 1. The maximum Gasteiger partial charge on any atom is 0.335 e. The molecule has 0 unspecified atom stereocenters. The van der Waals surface area contributed by atoms with E-state index in [9.17, 15) is 9.59 Å². The number of hydrogen-bond donors (Lipinski definition) is 3. The minimum atomic E-state index is -1.03. The third-order valence-electron chi connectivity index (χ3n) is 2.42. The predicted octanol–water partition coefficient (Wildman–Crippen LogP) is 2.31. The summed E-state index contributed by atoms with van der Waals surface area (Å²) in [5, 5.41) is 13.8. The van der Waals surface area contributed by atoms with Gasteiger partial charge in [-0.05, 0) is 34.1 Å². The van der Waals surface area contributed by atoms with Gasteiger partial charge in [0.15, 0.2) is 0 Å². The summed E-state index contributed by atoms with van der Waals surface area (Å²) in [5.41, 5.74) is 6.33. The number of amides is 1. The zero-order valence-corrected chi connectivity index (χ0v) is 12.5. The van der Waals surface area contributed by atoms with E-state index < -0.39 is 5.97 Å². The van der Waals surface area contributed by atoms with Crippen molar-refractivity contribution in [3.63, 3.8) is 0 Å². The lowest BCUT2D eigenvalue weighted by molar-refractivity contribution is 0.0696. The van der Waals surface area contributed by atoms with Gasteiger partial charge >= 0.3 is 5.97 Å². The molecule has 0 radical (unpaired) electrons. The van der Waals surface area contributed by atoms with Gasteiger partial charge in [-0.3, -0.25) is 4.79 Å². The largest absolute Gasteiger partial charge is 0.478 e. The zero-order chi connectivity index (χ0) is 14.7. The van der Waals surface area contributed by atoms with Gasteiger partial charge in [0.2, 0.25) is 0 Å². The summed E-state index contributed by atoms with van der Waals surface area (Å²) in [6.07, 6.45) is 0. The number of benzene rings is 1. The molecule has 20 heavy (non-hydrogen) atoms. The van der Waals surface area contributed by atoms with Gasteiger partial charge in [0, 0.05) is 16.4 Å². The first-order valence-electron chi connectivity index (χ1n) is 5.50. The first-order chi connectivity index (χ1) is 9.51. The summed E-state index contributed by atoms with van der Waals surface area (Å²) >= 11 is 4.53. The molecule has 1 aromatic heterocycles. The Balaban J connectivity index is 2.17. The van der Waals surface area contributed by atoms with E-state index in [1.54, 1.807) is 5.38 Å². The lowest BCUT2D eigenvalue weighted by Crippen LogP contribution is -2.13. The minimum Gasteiger partial charge on any atom is -0.478 e. The highest BCUT2D eigenvalue weighted by molar-refractivity contribution is 9.10. The Morgan fingerprint density at radius 1 is 1.45 bits per heavy atom. The zero-order valence-electron chi connectivity index (χ0n) is 10.1. The van der Waals surface area contributed by atoms with Gasteiger partial charge in [0.05, 0.1) is 11.3 Å². The van der Waals surface area contributed by atoms with E-state index in [0.717, 1.165) is 0 Å². The first-order valence-corrected chi connectivity index (χ1v) is 7.17. The molecule has 0 aliphatic heterocycles. The third kappa shape index (κ3) is 3.21. The Labute approximate surface area is 126 Å². The topological polar surface area (TPSA) is 105 Å². The third-order valence-corrected chi connectivity index (χ3v) is 3.95. The fraction of sp³-hybridized carbons (Fsp3) is 0.0833. The molecule has 0 atom stereocenters. The molecule has 0 fully saturated rings. The second kappa shape index (κ2) is 6.12. The molecule has 1 heterocycles. The molecule has 6 nitrogen and oxygen atoms in total. The van der Waals surface area contributed by atoms with E-state index in [4.69, 9.17) is 10.8 Å². The van der Waals surface area contributed by atoms with E-state index in [1.165, 1.54) is 29.5 Å². The van der Waals surface area contributed by atoms with Crippen molar-refractivity contribution in [2.75, 3.05) is 5.32 Å². The van der Waals surface area contributed by atoms with Crippen molar-refractivity contribution in [2.24, 2.45) is 5.73 Å². The molecular weight excluding hydrogens is 346 g/mol. The molecule has 2 aromatic rings. The summed E-state index contributed by atoms with van der Waals surface area (Å²) in [6, 6.07) is 4.35. The lowest BCUT2D eigenvalue weighted by atomic mass is 10.2. The molecule has 0 saturated carbocycles. The van der Waals surface area contributed by atoms with Crippen molar-refractivity contribution in [3.8, 4) is 0 Å². The Hall–Kier alpha value is -1.77. The van der Waals surface area contributed by atoms with Crippen LogP contribution in [0.5, 0.6) is 0 Å². The van der Waals surface area contributed by atoms with Crippen LogP contribution in [0.25, 0.3) is 0 Å². The van der Waals surface area contributed by atoms with Gasteiger partial charge in [-0.1, -0.05) is 0 Å². The van der Waals surface area contributed by atoms with E-state index in [-0.39, 0.29) is 23.7 Å². The summed E-state index contributed by atoms with van der Waals surface area (Å²) < 4.78 is 0.486. The number of carboxylic acid groups (broad SMARTS) is 1. The molecule has 8 heteroatoms. The van der Waals surface area contributed by atoms with Crippen molar-refractivity contribution in [3.05, 3.63) is 44.3 Å². The van der Waals surface area contributed by atoms with Crippen molar-refractivity contribution >= 4 is 44.8 Å². The number of rotatable bonds is 4. The Bertz CT molecular complexity index is 672. The van der Waals surface area contributed by atoms with Crippen LogP contribution in [0.1, 0.15) is 25.9 Å². The molecule has 4 N–H and O–H groups in total. The number of aromatic carboxylic acids is 1. The van der Waals surface area contributed by atoms with E-state index >= 15 is 0 Å². The smallest absolute Gasteiger partial charge is 0.335 e.